The Bertz CT molecular complexity index is 435. The smallest absolute Gasteiger partial charge is 0.115 e. The van der Waals surface area contributed by atoms with Gasteiger partial charge >= 0.3 is 0 Å². The second-order valence-corrected chi connectivity index (χ2v) is 2.92. The van der Waals surface area contributed by atoms with Crippen LogP contribution in [-0.4, -0.2) is 9.97 Å². The standard InChI is InChI=1S/C12H10N2/c1-2-10-5-3-4-6-12(10)11-7-13-9-14-8-11/h2-9H,1H2. The van der Waals surface area contributed by atoms with E-state index in [1.807, 2.05) is 30.3 Å². The van der Waals surface area contributed by atoms with Gasteiger partial charge in [0.2, 0.25) is 0 Å². The van der Waals surface area contributed by atoms with Crippen LogP contribution in [0.4, 0.5) is 0 Å². The average Bonchev–Trinajstić information content (AvgIpc) is 2.30. The Kier molecular flexibility index (Phi) is 2.36. The molecule has 0 bridgehead atoms. The number of nitrogens with zero attached hydrogens (tertiary/aromatic N) is 2. The molecule has 2 rings (SSSR count). The maximum Gasteiger partial charge on any atom is 0.115 e. The van der Waals surface area contributed by atoms with Gasteiger partial charge in [-0.1, -0.05) is 36.9 Å². The molecular formula is C12H10N2. The van der Waals surface area contributed by atoms with Crippen molar-refractivity contribution in [2.75, 3.05) is 0 Å². The van der Waals surface area contributed by atoms with Crippen LogP contribution in [0.25, 0.3) is 17.2 Å². The second-order valence-electron chi connectivity index (χ2n) is 2.92. The van der Waals surface area contributed by atoms with E-state index >= 15 is 0 Å². The van der Waals surface area contributed by atoms with E-state index in [-0.39, 0.29) is 0 Å². The highest BCUT2D eigenvalue weighted by Crippen LogP contribution is 2.22. The third kappa shape index (κ3) is 1.55. The topological polar surface area (TPSA) is 25.8 Å². The molecular weight excluding hydrogens is 172 g/mol. The SMILES string of the molecule is C=Cc1ccccc1-c1cncnc1. The molecule has 2 nitrogen and oxygen atoms in total. The Balaban J connectivity index is 2.57. The van der Waals surface area contributed by atoms with E-state index in [2.05, 4.69) is 16.5 Å². The lowest BCUT2D eigenvalue weighted by atomic mass is 10.0. The number of benzene rings is 1. The summed E-state index contributed by atoms with van der Waals surface area (Å²) in [6.07, 6.45) is 6.97. The molecule has 1 aromatic heterocycles. The van der Waals surface area contributed by atoms with E-state index in [9.17, 15) is 0 Å². The van der Waals surface area contributed by atoms with Crippen molar-refractivity contribution in [1.82, 2.24) is 9.97 Å². The van der Waals surface area contributed by atoms with E-state index < -0.39 is 0 Å². The Morgan fingerprint density at radius 1 is 1.07 bits per heavy atom. The van der Waals surface area contributed by atoms with Crippen molar-refractivity contribution < 1.29 is 0 Å². The molecule has 0 saturated heterocycles. The fourth-order valence-electron chi connectivity index (χ4n) is 1.38. The van der Waals surface area contributed by atoms with Crippen LogP contribution in [0.3, 0.4) is 0 Å². The maximum atomic E-state index is 3.99. The van der Waals surface area contributed by atoms with Gasteiger partial charge in [0.15, 0.2) is 0 Å². The maximum absolute atomic E-state index is 3.99. The Labute approximate surface area is 83.0 Å². The quantitative estimate of drug-likeness (QED) is 0.713. The minimum absolute atomic E-state index is 1.02. The molecule has 0 unspecified atom stereocenters. The highest BCUT2D eigenvalue weighted by atomic mass is 14.8. The molecule has 0 N–H and O–H groups in total. The second kappa shape index (κ2) is 3.83. The van der Waals surface area contributed by atoms with Crippen LogP contribution in [0.2, 0.25) is 0 Å². The zero-order valence-electron chi connectivity index (χ0n) is 7.72. The van der Waals surface area contributed by atoms with Gasteiger partial charge in [0.1, 0.15) is 6.33 Å². The van der Waals surface area contributed by atoms with Gasteiger partial charge in [-0.2, -0.15) is 0 Å². The summed E-state index contributed by atoms with van der Waals surface area (Å²) in [5.41, 5.74) is 3.23. The van der Waals surface area contributed by atoms with Crippen molar-refractivity contribution >= 4 is 6.08 Å². The molecule has 0 aliphatic heterocycles. The summed E-state index contributed by atoms with van der Waals surface area (Å²) in [4.78, 5) is 7.98. The zero-order valence-corrected chi connectivity index (χ0v) is 7.72. The van der Waals surface area contributed by atoms with Crippen molar-refractivity contribution in [2.45, 2.75) is 0 Å². The monoisotopic (exact) mass is 182 g/mol. The first-order valence-electron chi connectivity index (χ1n) is 4.38. The molecule has 0 aliphatic rings. The largest absolute Gasteiger partial charge is 0.244 e. The zero-order chi connectivity index (χ0) is 9.80. The first kappa shape index (κ1) is 8.63. The average molecular weight is 182 g/mol. The van der Waals surface area contributed by atoms with E-state index in [1.165, 1.54) is 6.33 Å². The summed E-state index contributed by atoms with van der Waals surface area (Å²) in [5, 5.41) is 0. The molecule has 2 aromatic rings. The fourth-order valence-corrected chi connectivity index (χ4v) is 1.38. The van der Waals surface area contributed by atoms with Crippen molar-refractivity contribution in [3.63, 3.8) is 0 Å². The first-order valence-corrected chi connectivity index (χ1v) is 4.38. The predicted molar refractivity (Wildman–Crippen MR) is 57.6 cm³/mol. The molecule has 0 spiro atoms. The van der Waals surface area contributed by atoms with Gasteiger partial charge in [-0.15, -0.1) is 0 Å². The first-order chi connectivity index (χ1) is 6.92. The molecule has 0 radical (unpaired) electrons. The summed E-state index contributed by atoms with van der Waals surface area (Å²) in [7, 11) is 0. The highest BCUT2D eigenvalue weighted by Gasteiger charge is 2.00. The van der Waals surface area contributed by atoms with Crippen LogP contribution in [0, 0.1) is 0 Å². The molecule has 68 valence electrons. The third-order valence-corrected chi connectivity index (χ3v) is 2.05. The Morgan fingerprint density at radius 2 is 1.79 bits per heavy atom. The number of hydrogen-bond donors (Lipinski definition) is 0. The molecule has 0 atom stereocenters. The molecule has 1 aromatic carbocycles. The van der Waals surface area contributed by atoms with Crippen molar-refractivity contribution in [3.8, 4) is 11.1 Å². The molecule has 0 amide bonds. The van der Waals surface area contributed by atoms with Crippen LogP contribution in [-0.2, 0) is 0 Å². The summed E-state index contributed by atoms with van der Waals surface area (Å²) in [5.74, 6) is 0. The van der Waals surface area contributed by atoms with Gasteiger partial charge in [-0.25, -0.2) is 9.97 Å². The van der Waals surface area contributed by atoms with Crippen LogP contribution in [0.15, 0.2) is 49.6 Å². The van der Waals surface area contributed by atoms with E-state index in [4.69, 9.17) is 0 Å². The summed E-state index contributed by atoms with van der Waals surface area (Å²) >= 11 is 0. The summed E-state index contributed by atoms with van der Waals surface area (Å²) < 4.78 is 0. The number of aromatic nitrogens is 2. The molecule has 0 saturated carbocycles. The van der Waals surface area contributed by atoms with Crippen LogP contribution >= 0.6 is 0 Å². The van der Waals surface area contributed by atoms with Crippen LogP contribution < -0.4 is 0 Å². The van der Waals surface area contributed by atoms with Gasteiger partial charge in [-0.3, -0.25) is 0 Å². The third-order valence-electron chi connectivity index (χ3n) is 2.05. The summed E-state index contributed by atoms with van der Waals surface area (Å²) in [6.45, 7) is 3.78. The molecule has 2 heteroatoms. The van der Waals surface area contributed by atoms with Crippen molar-refractivity contribution in [3.05, 3.63) is 55.1 Å². The minimum Gasteiger partial charge on any atom is -0.244 e. The normalized spacial score (nSPS) is 9.71. The lowest BCUT2D eigenvalue weighted by Crippen LogP contribution is -1.84. The van der Waals surface area contributed by atoms with E-state index in [1.54, 1.807) is 12.4 Å². The van der Waals surface area contributed by atoms with Gasteiger partial charge in [0, 0.05) is 18.0 Å². The summed E-state index contributed by atoms with van der Waals surface area (Å²) in [6, 6.07) is 8.05. The van der Waals surface area contributed by atoms with Gasteiger partial charge in [-0.05, 0) is 11.1 Å². The Morgan fingerprint density at radius 3 is 2.50 bits per heavy atom. The van der Waals surface area contributed by atoms with E-state index in [0.29, 0.717) is 0 Å². The highest BCUT2D eigenvalue weighted by molar-refractivity contribution is 5.73. The molecule has 14 heavy (non-hydrogen) atoms. The minimum atomic E-state index is 1.02. The van der Waals surface area contributed by atoms with Crippen molar-refractivity contribution in [1.29, 1.82) is 0 Å². The van der Waals surface area contributed by atoms with Gasteiger partial charge in [0.25, 0.3) is 0 Å². The molecule has 0 fully saturated rings. The fraction of sp³-hybridized carbons (Fsp3) is 0. The molecule has 0 aliphatic carbocycles. The van der Waals surface area contributed by atoms with Gasteiger partial charge in [0.05, 0.1) is 0 Å². The number of hydrogen-bond acceptors (Lipinski definition) is 2. The lowest BCUT2D eigenvalue weighted by molar-refractivity contribution is 1.17. The van der Waals surface area contributed by atoms with Gasteiger partial charge < -0.3 is 0 Å². The number of rotatable bonds is 2. The van der Waals surface area contributed by atoms with Crippen LogP contribution in [0.1, 0.15) is 5.56 Å². The van der Waals surface area contributed by atoms with Crippen molar-refractivity contribution in [2.24, 2.45) is 0 Å². The Hall–Kier alpha value is -1.96. The van der Waals surface area contributed by atoms with Crippen LogP contribution in [0.5, 0.6) is 0 Å². The van der Waals surface area contributed by atoms with E-state index in [0.717, 1.165) is 16.7 Å². The predicted octanol–water partition coefficient (Wildman–Crippen LogP) is 2.79. The molecule has 1 heterocycles. The lowest BCUT2D eigenvalue weighted by Gasteiger charge is -2.03.